The topological polar surface area (TPSA) is 73.3 Å². The molecule has 0 radical (unpaired) electrons. The fourth-order valence-electron chi connectivity index (χ4n) is 2.02. The molecule has 26 heavy (non-hydrogen) atoms. The predicted molar refractivity (Wildman–Crippen MR) is 109 cm³/mol. The van der Waals surface area contributed by atoms with Crippen molar-refractivity contribution in [3.63, 3.8) is 0 Å². The Kier molecular flexibility index (Phi) is 6.52. The highest BCUT2D eigenvalue weighted by Crippen LogP contribution is 2.36. The first-order chi connectivity index (χ1) is 12.6. The molecule has 0 atom stereocenters. The van der Waals surface area contributed by atoms with Crippen molar-refractivity contribution in [2.45, 2.75) is 10.1 Å². The maximum Gasteiger partial charge on any atom is 0.257 e. The van der Waals surface area contributed by atoms with Crippen LogP contribution in [0.4, 0.5) is 5.13 Å². The van der Waals surface area contributed by atoms with Crippen molar-refractivity contribution in [2.75, 3.05) is 19.5 Å². The Morgan fingerprint density at radius 1 is 1.27 bits per heavy atom. The van der Waals surface area contributed by atoms with Gasteiger partial charge in [-0.25, -0.2) is 0 Å². The number of anilines is 1. The SMILES string of the molecule is COc1cc(C(=O)Nc2nnc(SCc3cccs3)s2)cc(OC)c1Br. The smallest absolute Gasteiger partial charge is 0.257 e. The second-order valence-corrected chi connectivity index (χ2v) is 8.92. The second-order valence-electron chi connectivity index (χ2n) is 4.89. The third-order valence-corrected chi connectivity index (χ3v) is 7.11. The molecule has 136 valence electrons. The monoisotopic (exact) mass is 471 g/mol. The fraction of sp³-hybridized carbons (Fsp3) is 0.188. The van der Waals surface area contributed by atoms with Gasteiger partial charge in [0.25, 0.3) is 5.91 Å². The highest BCUT2D eigenvalue weighted by Gasteiger charge is 2.16. The first-order valence-corrected chi connectivity index (χ1v) is 10.8. The molecule has 0 saturated carbocycles. The summed E-state index contributed by atoms with van der Waals surface area (Å²) in [6.45, 7) is 0. The average molecular weight is 472 g/mol. The van der Waals surface area contributed by atoms with Gasteiger partial charge in [0, 0.05) is 16.2 Å². The molecule has 2 aromatic heterocycles. The largest absolute Gasteiger partial charge is 0.495 e. The molecule has 0 bridgehead atoms. The fourth-order valence-corrected chi connectivity index (χ4v) is 5.09. The van der Waals surface area contributed by atoms with E-state index in [2.05, 4.69) is 37.5 Å². The number of amides is 1. The molecule has 0 aliphatic carbocycles. The number of halogens is 1. The number of carbonyl (C=O) groups excluding carboxylic acids is 1. The van der Waals surface area contributed by atoms with E-state index >= 15 is 0 Å². The summed E-state index contributed by atoms with van der Waals surface area (Å²) >= 11 is 8.02. The van der Waals surface area contributed by atoms with Gasteiger partial charge in [0.05, 0.1) is 14.2 Å². The molecule has 6 nitrogen and oxygen atoms in total. The molecule has 3 rings (SSSR count). The van der Waals surface area contributed by atoms with Crippen LogP contribution in [0.3, 0.4) is 0 Å². The molecule has 1 N–H and O–H groups in total. The van der Waals surface area contributed by atoms with E-state index in [1.807, 2.05) is 11.4 Å². The number of hydrogen-bond acceptors (Lipinski definition) is 8. The van der Waals surface area contributed by atoms with E-state index in [1.54, 1.807) is 35.2 Å². The zero-order valence-electron chi connectivity index (χ0n) is 13.8. The summed E-state index contributed by atoms with van der Waals surface area (Å²) in [6, 6.07) is 7.37. The lowest BCUT2D eigenvalue weighted by Gasteiger charge is -2.10. The van der Waals surface area contributed by atoms with Gasteiger partial charge >= 0.3 is 0 Å². The molecule has 3 aromatic rings. The molecule has 1 aromatic carbocycles. The zero-order chi connectivity index (χ0) is 18.5. The normalized spacial score (nSPS) is 10.6. The number of rotatable bonds is 7. The van der Waals surface area contributed by atoms with Crippen molar-refractivity contribution in [2.24, 2.45) is 0 Å². The number of methoxy groups -OCH3 is 2. The number of aromatic nitrogens is 2. The first kappa shape index (κ1) is 19.2. The molecule has 2 heterocycles. The summed E-state index contributed by atoms with van der Waals surface area (Å²) < 4.78 is 12.0. The number of nitrogens with zero attached hydrogens (tertiary/aromatic N) is 2. The Labute approximate surface area is 171 Å². The van der Waals surface area contributed by atoms with Gasteiger partial charge in [-0.05, 0) is 39.5 Å². The van der Waals surface area contributed by atoms with Gasteiger partial charge in [0.2, 0.25) is 5.13 Å². The minimum absolute atomic E-state index is 0.306. The molecule has 0 saturated heterocycles. The van der Waals surface area contributed by atoms with E-state index in [1.165, 1.54) is 30.4 Å². The number of ether oxygens (including phenoxy) is 2. The van der Waals surface area contributed by atoms with E-state index in [4.69, 9.17) is 9.47 Å². The molecule has 1 amide bonds. The standard InChI is InChI=1S/C16H14BrN3O3S3/c1-22-11-6-9(7-12(23-2)13(11)17)14(21)18-15-19-20-16(26-15)25-8-10-4-3-5-24-10/h3-7H,8H2,1-2H3,(H,18,19,21). The first-order valence-electron chi connectivity index (χ1n) is 7.32. The molecule has 0 fully saturated rings. The van der Waals surface area contributed by atoms with Crippen LogP contribution in [0.25, 0.3) is 0 Å². The van der Waals surface area contributed by atoms with Crippen molar-refractivity contribution >= 4 is 61.4 Å². The Morgan fingerprint density at radius 2 is 2.00 bits per heavy atom. The van der Waals surface area contributed by atoms with Crippen LogP contribution in [0.1, 0.15) is 15.2 Å². The van der Waals surface area contributed by atoms with Crippen LogP contribution < -0.4 is 14.8 Å². The third kappa shape index (κ3) is 4.56. The lowest BCUT2D eigenvalue weighted by Crippen LogP contribution is -2.12. The summed E-state index contributed by atoms with van der Waals surface area (Å²) in [5.74, 6) is 1.56. The summed E-state index contributed by atoms with van der Waals surface area (Å²) in [5.41, 5.74) is 0.407. The van der Waals surface area contributed by atoms with E-state index in [9.17, 15) is 4.79 Å². The Balaban J connectivity index is 1.68. The molecule has 10 heteroatoms. The highest BCUT2D eigenvalue weighted by molar-refractivity contribution is 9.10. The van der Waals surface area contributed by atoms with Gasteiger partial charge in [0.15, 0.2) is 4.34 Å². The Bertz CT molecular complexity index is 874. The predicted octanol–water partition coefficient (Wildman–Crippen LogP) is 4.92. The number of carbonyl (C=O) groups is 1. The van der Waals surface area contributed by atoms with E-state index in [0.717, 1.165) is 10.1 Å². The van der Waals surface area contributed by atoms with E-state index in [-0.39, 0.29) is 5.91 Å². The minimum Gasteiger partial charge on any atom is -0.495 e. The van der Waals surface area contributed by atoms with Gasteiger partial charge in [0.1, 0.15) is 16.0 Å². The van der Waals surface area contributed by atoms with Crippen molar-refractivity contribution < 1.29 is 14.3 Å². The quantitative estimate of drug-likeness (QED) is 0.389. The highest BCUT2D eigenvalue weighted by atomic mass is 79.9. The van der Waals surface area contributed by atoms with Gasteiger partial charge in [-0.15, -0.1) is 21.5 Å². The van der Waals surface area contributed by atoms with Gasteiger partial charge in [-0.2, -0.15) is 0 Å². The van der Waals surface area contributed by atoms with Crippen LogP contribution in [0, 0.1) is 0 Å². The molecular formula is C16H14BrN3O3S3. The van der Waals surface area contributed by atoms with Gasteiger partial charge in [-0.1, -0.05) is 29.2 Å². The number of benzene rings is 1. The lowest BCUT2D eigenvalue weighted by atomic mass is 10.2. The minimum atomic E-state index is -0.306. The third-order valence-electron chi connectivity index (χ3n) is 3.25. The molecule has 0 aliphatic heterocycles. The van der Waals surface area contributed by atoms with Crippen LogP contribution in [0.2, 0.25) is 0 Å². The second kappa shape index (κ2) is 8.85. The van der Waals surface area contributed by atoms with Crippen LogP contribution in [-0.2, 0) is 5.75 Å². The maximum atomic E-state index is 12.5. The van der Waals surface area contributed by atoms with Crippen LogP contribution in [0.5, 0.6) is 11.5 Å². The number of nitrogens with one attached hydrogen (secondary N) is 1. The summed E-state index contributed by atoms with van der Waals surface area (Å²) in [6.07, 6.45) is 0. The van der Waals surface area contributed by atoms with Crippen LogP contribution in [0.15, 0.2) is 38.5 Å². The summed E-state index contributed by atoms with van der Waals surface area (Å²) in [5, 5.41) is 13.4. The van der Waals surface area contributed by atoms with Gasteiger partial charge in [-0.3, -0.25) is 10.1 Å². The van der Waals surface area contributed by atoms with Crippen molar-refractivity contribution in [1.29, 1.82) is 0 Å². The van der Waals surface area contributed by atoms with Crippen molar-refractivity contribution in [1.82, 2.24) is 10.2 Å². The van der Waals surface area contributed by atoms with Gasteiger partial charge < -0.3 is 9.47 Å². The van der Waals surface area contributed by atoms with E-state index < -0.39 is 0 Å². The molecule has 0 unspecified atom stereocenters. The molecule has 0 aliphatic rings. The number of hydrogen-bond donors (Lipinski definition) is 1. The average Bonchev–Trinajstić information content (AvgIpc) is 3.31. The number of thioether (sulfide) groups is 1. The molecule has 0 spiro atoms. The Hall–Kier alpha value is -1.62. The van der Waals surface area contributed by atoms with E-state index in [0.29, 0.717) is 26.7 Å². The maximum absolute atomic E-state index is 12.5. The van der Waals surface area contributed by atoms with Crippen LogP contribution >= 0.6 is 50.4 Å². The summed E-state index contributed by atoms with van der Waals surface area (Å²) in [7, 11) is 3.06. The van der Waals surface area contributed by atoms with Crippen molar-refractivity contribution in [3.8, 4) is 11.5 Å². The summed E-state index contributed by atoms with van der Waals surface area (Å²) in [4.78, 5) is 13.8. The Morgan fingerprint density at radius 3 is 2.62 bits per heavy atom. The molecular weight excluding hydrogens is 458 g/mol. The number of thiophene rings is 1. The zero-order valence-corrected chi connectivity index (χ0v) is 17.9. The van der Waals surface area contributed by atoms with Crippen molar-refractivity contribution in [3.05, 3.63) is 44.6 Å². The lowest BCUT2D eigenvalue weighted by molar-refractivity contribution is 0.102. The van der Waals surface area contributed by atoms with Crippen LogP contribution in [-0.4, -0.2) is 30.3 Å².